The molecule has 0 bridgehead atoms. The summed E-state index contributed by atoms with van der Waals surface area (Å²) in [5.74, 6) is 4.95. The predicted molar refractivity (Wildman–Crippen MR) is 123 cm³/mol. The van der Waals surface area contributed by atoms with Crippen LogP contribution in [0.2, 0.25) is 0 Å². The van der Waals surface area contributed by atoms with E-state index < -0.39 is 29.7 Å². The van der Waals surface area contributed by atoms with E-state index in [4.69, 9.17) is 15.3 Å². The highest BCUT2D eigenvalue weighted by atomic mass is 16.6. The molecule has 1 heterocycles. The quantitative estimate of drug-likeness (QED) is 0.298. The van der Waals surface area contributed by atoms with Crippen molar-refractivity contribution in [2.24, 2.45) is 5.84 Å². The second-order valence-corrected chi connectivity index (χ2v) is 8.51. The average Bonchev–Trinajstić information content (AvgIpc) is 3.18. The number of hydrogen-bond acceptors (Lipinski definition) is 6. The fourth-order valence-corrected chi connectivity index (χ4v) is 3.22. The van der Waals surface area contributed by atoms with Crippen molar-refractivity contribution in [3.63, 3.8) is 0 Å². The molecule has 1 aromatic heterocycles. The molecule has 3 aromatic rings. The third-order valence-corrected chi connectivity index (χ3v) is 4.73. The lowest BCUT2D eigenvalue weighted by molar-refractivity contribution is -0.132. The van der Waals surface area contributed by atoms with Crippen LogP contribution in [0.1, 0.15) is 31.9 Å². The number of imide groups is 1. The molecular weight excluding hydrogens is 424 g/mol. The first-order valence-electron chi connectivity index (χ1n) is 10.5. The van der Waals surface area contributed by atoms with Crippen LogP contribution in [0.25, 0.3) is 10.9 Å². The largest absolute Gasteiger partial charge is 0.444 e. The number of aromatic amines is 1. The van der Waals surface area contributed by atoms with Gasteiger partial charge in [-0.05, 0) is 38.0 Å². The van der Waals surface area contributed by atoms with Gasteiger partial charge in [-0.2, -0.15) is 5.01 Å². The highest BCUT2D eigenvalue weighted by molar-refractivity contribution is 5.96. The third-order valence-electron chi connectivity index (χ3n) is 4.73. The first-order chi connectivity index (χ1) is 15.6. The lowest BCUT2D eigenvalue weighted by Gasteiger charge is -2.25. The van der Waals surface area contributed by atoms with Gasteiger partial charge in [0.1, 0.15) is 18.2 Å². The molecule has 0 aliphatic carbocycles. The van der Waals surface area contributed by atoms with Gasteiger partial charge >= 0.3 is 12.2 Å². The minimum Gasteiger partial charge on any atom is -0.444 e. The molecule has 1 atom stereocenters. The van der Waals surface area contributed by atoms with E-state index in [0.717, 1.165) is 22.0 Å². The van der Waals surface area contributed by atoms with Crippen molar-refractivity contribution < 1.29 is 23.9 Å². The molecule has 174 valence electrons. The van der Waals surface area contributed by atoms with E-state index in [-0.39, 0.29) is 13.0 Å². The number of H-pyrrole nitrogens is 1. The summed E-state index contributed by atoms with van der Waals surface area (Å²) in [5, 5.41) is 3.79. The molecule has 0 unspecified atom stereocenters. The van der Waals surface area contributed by atoms with Crippen LogP contribution in [0, 0.1) is 0 Å². The highest BCUT2D eigenvalue weighted by Gasteiger charge is 2.31. The number of carbonyl (C=O) groups is 3. The molecule has 0 fully saturated rings. The van der Waals surface area contributed by atoms with E-state index in [2.05, 4.69) is 10.3 Å². The summed E-state index contributed by atoms with van der Waals surface area (Å²) in [5.41, 5.74) is 1.62. The Kier molecular flexibility index (Phi) is 7.34. The van der Waals surface area contributed by atoms with Crippen LogP contribution in [0.5, 0.6) is 0 Å². The van der Waals surface area contributed by atoms with Gasteiger partial charge in [-0.25, -0.2) is 15.4 Å². The molecular formula is C24H28N4O5. The van der Waals surface area contributed by atoms with E-state index in [9.17, 15) is 14.4 Å². The number of aromatic nitrogens is 1. The average molecular weight is 453 g/mol. The fourth-order valence-electron chi connectivity index (χ4n) is 3.22. The van der Waals surface area contributed by atoms with Crippen molar-refractivity contribution in [3.05, 3.63) is 71.9 Å². The number of alkyl carbamates (subject to hydrolysis) is 1. The number of carbonyl (C=O) groups excluding carboxylic acids is 3. The Morgan fingerprint density at radius 1 is 1.06 bits per heavy atom. The third kappa shape index (κ3) is 6.56. The minimum atomic E-state index is -1.16. The Morgan fingerprint density at radius 2 is 1.73 bits per heavy atom. The maximum atomic E-state index is 13.1. The number of nitrogens with two attached hydrogens (primary N) is 1. The van der Waals surface area contributed by atoms with Gasteiger partial charge in [-0.3, -0.25) is 4.79 Å². The van der Waals surface area contributed by atoms with Crippen LogP contribution in [0.3, 0.4) is 0 Å². The molecule has 0 spiro atoms. The first-order valence-corrected chi connectivity index (χ1v) is 10.5. The Hall–Kier alpha value is -3.85. The molecule has 2 aromatic carbocycles. The van der Waals surface area contributed by atoms with Crippen molar-refractivity contribution >= 4 is 29.0 Å². The monoisotopic (exact) mass is 452 g/mol. The van der Waals surface area contributed by atoms with Crippen LogP contribution < -0.4 is 11.2 Å². The van der Waals surface area contributed by atoms with Crippen molar-refractivity contribution in [1.29, 1.82) is 0 Å². The molecule has 0 aliphatic rings. The van der Waals surface area contributed by atoms with E-state index in [1.165, 1.54) is 0 Å². The van der Waals surface area contributed by atoms with E-state index >= 15 is 0 Å². The zero-order chi connectivity index (χ0) is 24.0. The molecule has 0 radical (unpaired) electrons. The van der Waals surface area contributed by atoms with Gasteiger partial charge in [0.25, 0.3) is 5.91 Å². The van der Waals surface area contributed by atoms with Gasteiger partial charge in [-0.15, -0.1) is 0 Å². The summed E-state index contributed by atoms with van der Waals surface area (Å²) in [6, 6.07) is 15.4. The molecule has 0 aliphatic heterocycles. The van der Waals surface area contributed by atoms with Gasteiger partial charge in [0.2, 0.25) is 0 Å². The zero-order valence-electron chi connectivity index (χ0n) is 18.8. The second-order valence-electron chi connectivity index (χ2n) is 8.51. The summed E-state index contributed by atoms with van der Waals surface area (Å²) in [7, 11) is 0. The number of nitrogens with zero attached hydrogens (tertiary/aromatic N) is 1. The molecule has 3 amide bonds. The Labute approximate surface area is 191 Å². The number of fused-ring (bicyclic) bond motifs is 1. The summed E-state index contributed by atoms with van der Waals surface area (Å²) in [4.78, 5) is 41.0. The molecule has 33 heavy (non-hydrogen) atoms. The van der Waals surface area contributed by atoms with Crippen molar-refractivity contribution in [2.45, 2.75) is 45.4 Å². The fraction of sp³-hybridized carbons (Fsp3) is 0.292. The molecule has 3 rings (SSSR count). The summed E-state index contributed by atoms with van der Waals surface area (Å²) < 4.78 is 10.4. The van der Waals surface area contributed by atoms with Crippen LogP contribution in [0.15, 0.2) is 60.8 Å². The van der Waals surface area contributed by atoms with Crippen molar-refractivity contribution in [2.75, 3.05) is 0 Å². The lowest BCUT2D eigenvalue weighted by atomic mass is 10.0. The normalized spacial score (nSPS) is 12.1. The second kappa shape index (κ2) is 10.2. The number of rotatable bonds is 6. The summed E-state index contributed by atoms with van der Waals surface area (Å²) in [6.07, 6.45) is 0.00317. The number of nitrogens with one attached hydrogen (secondary N) is 2. The maximum absolute atomic E-state index is 13.1. The minimum absolute atomic E-state index is 0.0484. The van der Waals surface area contributed by atoms with Crippen LogP contribution >= 0.6 is 0 Å². The first kappa shape index (κ1) is 23.8. The van der Waals surface area contributed by atoms with Gasteiger partial charge in [0.15, 0.2) is 0 Å². The number of ether oxygens (including phenoxy) is 2. The molecule has 0 saturated carbocycles. The standard InChI is InChI=1S/C24H28N4O5/c1-24(2,3)33-22(30)27-20(13-17-14-26-19-12-8-7-11-18(17)19)21(29)28(25)23(31)32-15-16-9-5-4-6-10-16/h4-12,14,20,26H,13,15,25H2,1-3H3,(H,27,30)/t20-/m0/s1. The van der Waals surface area contributed by atoms with Crippen LogP contribution in [0.4, 0.5) is 9.59 Å². The van der Waals surface area contributed by atoms with E-state index in [1.54, 1.807) is 51.2 Å². The van der Waals surface area contributed by atoms with Crippen molar-refractivity contribution in [3.8, 4) is 0 Å². The Morgan fingerprint density at radius 3 is 2.42 bits per heavy atom. The number of para-hydroxylation sites is 1. The van der Waals surface area contributed by atoms with E-state index in [1.807, 2.05) is 30.3 Å². The Balaban J connectivity index is 1.75. The van der Waals surface area contributed by atoms with Gasteiger partial charge in [0.05, 0.1) is 0 Å². The highest BCUT2D eigenvalue weighted by Crippen LogP contribution is 2.20. The number of hydrazine groups is 1. The van der Waals surface area contributed by atoms with Crippen LogP contribution in [-0.2, 0) is 27.3 Å². The summed E-state index contributed by atoms with van der Waals surface area (Å²) in [6.45, 7) is 5.07. The maximum Gasteiger partial charge on any atom is 0.431 e. The SMILES string of the molecule is CC(C)(C)OC(=O)N[C@@H](Cc1c[nH]c2ccccc12)C(=O)N(N)C(=O)OCc1ccccc1. The molecule has 9 nitrogen and oxygen atoms in total. The van der Waals surface area contributed by atoms with Crippen molar-refractivity contribution in [1.82, 2.24) is 15.3 Å². The number of hydrogen-bond donors (Lipinski definition) is 3. The molecule has 9 heteroatoms. The van der Waals surface area contributed by atoms with Gasteiger partial charge in [0, 0.05) is 23.5 Å². The summed E-state index contributed by atoms with van der Waals surface area (Å²) >= 11 is 0. The van der Waals surface area contributed by atoms with E-state index in [0.29, 0.717) is 5.01 Å². The van der Waals surface area contributed by atoms with Gasteiger partial charge in [-0.1, -0.05) is 48.5 Å². The lowest BCUT2D eigenvalue weighted by Crippen LogP contribution is -2.55. The van der Waals surface area contributed by atoms with Crippen LogP contribution in [-0.4, -0.2) is 39.7 Å². The number of benzene rings is 2. The number of amides is 3. The topological polar surface area (TPSA) is 127 Å². The zero-order valence-corrected chi connectivity index (χ0v) is 18.8. The predicted octanol–water partition coefficient (Wildman–Crippen LogP) is 3.64. The smallest absolute Gasteiger partial charge is 0.431 e. The molecule has 0 saturated heterocycles. The molecule has 4 N–H and O–H groups in total. The van der Waals surface area contributed by atoms with Gasteiger partial charge < -0.3 is 19.8 Å². The Bertz CT molecular complexity index is 1120.